The fourth-order valence-corrected chi connectivity index (χ4v) is 0.522. The van der Waals surface area contributed by atoms with Crippen LogP contribution in [0.3, 0.4) is 0 Å². The van der Waals surface area contributed by atoms with Crippen molar-refractivity contribution < 1.29 is 9.90 Å². The van der Waals surface area contributed by atoms with Gasteiger partial charge in [0.2, 0.25) is 0 Å². The molecule has 56 valence electrons. The maximum atomic E-state index is 10.1. The van der Waals surface area contributed by atoms with Gasteiger partial charge < -0.3 is 5.11 Å². The Hall–Kier alpha value is -1.03. The van der Waals surface area contributed by atoms with Crippen molar-refractivity contribution >= 4 is 18.5 Å². The van der Waals surface area contributed by atoms with E-state index in [0.717, 1.165) is 4.68 Å². The predicted octanol–water partition coefficient (Wildman–Crippen LogP) is 1.14. The molecule has 0 atom stereocenters. The first-order valence-corrected chi connectivity index (χ1v) is 2.46. The van der Waals surface area contributed by atoms with Crippen LogP contribution >= 0.6 is 12.4 Å². The molecule has 10 heavy (non-hydrogen) atoms. The minimum absolute atomic E-state index is 0. The molecule has 0 fully saturated rings. The largest absolute Gasteiger partial charge is 0.463 e. The molecule has 0 spiro atoms. The molecule has 0 saturated carbocycles. The zero-order valence-electron chi connectivity index (χ0n) is 5.31. The summed E-state index contributed by atoms with van der Waals surface area (Å²) in [6.07, 6.45) is 0.348. The first-order chi connectivity index (χ1) is 4.20. The van der Waals surface area contributed by atoms with E-state index in [9.17, 15) is 4.79 Å². The zero-order chi connectivity index (χ0) is 6.85. The van der Waals surface area contributed by atoms with Gasteiger partial charge in [0.15, 0.2) is 0 Å². The van der Waals surface area contributed by atoms with Crippen molar-refractivity contribution in [2.75, 3.05) is 0 Å². The Morgan fingerprint density at radius 1 is 1.80 bits per heavy atom. The van der Waals surface area contributed by atoms with Crippen LogP contribution in [0.15, 0.2) is 12.3 Å². The quantitative estimate of drug-likeness (QED) is 0.623. The van der Waals surface area contributed by atoms with Gasteiger partial charge in [-0.05, 0) is 13.0 Å². The maximum Gasteiger partial charge on any atom is 0.432 e. The summed E-state index contributed by atoms with van der Waals surface area (Å²) in [7, 11) is 0. The van der Waals surface area contributed by atoms with Gasteiger partial charge in [0.25, 0.3) is 0 Å². The van der Waals surface area contributed by atoms with Crippen LogP contribution in [0.2, 0.25) is 0 Å². The Morgan fingerprint density at radius 2 is 2.40 bits per heavy atom. The van der Waals surface area contributed by atoms with E-state index in [-0.39, 0.29) is 12.4 Å². The van der Waals surface area contributed by atoms with Crippen LogP contribution in [0.5, 0.6) is 0 Å². The minimum Gasteiger partial charge on any atom is -0.463 e. The molecule has 1 heterocycles. The lowest BCUT2D eigenvalue weighted by Crippen LogP contribution is -2.07. The van der Waals surface area contributed by atoms with Gasteiger partial charge in [-0.15, -0.1) is 12.4 Å². The number of rotatable bonds is 0. The molecule has 0 aliphatic carbocycles. The lowest BCUT2D eigenvalue weighted by molar-refractivity contribution is 0.192. The number of hydrogen-bond donors (Lipinski definition) is 1. The monoisotopic (exact) mass is 162 g/mol. The number of halogens is 1. The van der Waals surface area contributed by atoms with E-state index in [4.69, 9.17) is 5.11 Å². The number of aromatic nitrogens is 2. The minimum atomic E-state index is -1.05. The summed E-state index contributed by atoms with van der Waals surface area (Å²) < 4.78 is 0.870. The van der Waals surface area contributed by atoms with Crippen molar-refractivity contribution in [3.63, 3.8) is 0 Å². The molecule has 1 aromatic heterocycles. The fourth-order valence-electron chi connectivity index (χ4n) is 0.522. The molecule has 1 aromatic rings. The molecule has 0 bridgehead atoms. The van der Waals surface area contributed by atoms with Crippen LogP contribution in [-0.4, -0.2) is 21.0 Å². The summed E-state index contributed by atoms with van der Waals surface area (Å²) in [5.74, 6) is 0. The number of hydrogen-bond acceptors (Lipinski definition) is 2. The topological polar surface area (TPSA) is 55.1 Å². The van der Waals surface area contributed by atoms with Crippen LogP contribution in [0.1, 0.15) is 5.69 Å². The van der Waals surface area contributed by atoms with Crippen LogP contribution in [0.25, 0.3) is 0 Å². The van der Waals surface area contributed by atoms with E-state index in [0.29, 0.717) is 5.69 Å². The lowest BCUT2D eigenvalue weighted by atomic mass is 10.5. The van der Waals surface area contributed by atoms with Crippen molar-refractivity contribution in [1.82, 2.24) is 9.78 Å². The van der Waals surface area contributed by atoms with Crippen molar-refractivity contribution in [1.29, 1.82) is 0 Å². The highest BCUT2D eigenvalue weighted by molar-refractivity contribution is 5.85. The molecule has 0 unspecified atom stereocenters. The Kier molecular flexibility index (Phi) is 2.89. The summed E-state index contributed by atoms with van der Waals surface area (Å²) in [4.78, 5) is 10.1. The molecule has 0 amide bonds. The maximum absolute atomic E-state index is 10.1. The first kappa shape index (κ1) is 8.97. The van der Waals surface area contributed by atoms with Gasteiger partial charge >= 0.3 is 6.09 Å². The van der Waals surface area contributed by atoms with E-state index >= 15 is 0 Å². The molecule has 0 aliphatic heterocycles. The van der Waals surface area contributed by atoms with E-state index in [1.807, 2.05) is 0 Å². The second kappa shape index (κ2) is 3.22. The zero-order valence-corrected chi connectivity index (χ0v) is 6.13. The molecule has 4 nitrogen and oxygen atoms in total. The number of nitrogens with zero attached hydrogens (tertiary/aromatic N) is 2. The van der Waals surface area contributed by atoms with Gasteiger partial charge in [-0.2, -0.15) is 9.78 Å². The molecule has 0 radical (unpaired) electrons. The van der Waals surface area contributed by atoms with Gasteiger partial charge in [-0.1, -0.05) is 0 Å². The molecular formula is C5H7ClN2O2. The van der Waals surface area contributed by atoms with E-state index in [2.05, 4.69) is 5.10 Å². The molecule has 1 rings (SSSR count). The predicted molar refractivity (Wildman–Crippen MR) is 37.6 cm³/mol. The third-order valence-corrected chi connectivity index (χ3v) is 0.918. The average molecular weight is 163 g/mol. The van der Waals surface area contributed by atoms with Gasteiger partial charge in [0.05, 0.1) is 5.69 Å². The standard InChI is InChI=1S/C5H6N2O2.ClH/c1-4-2-3-7(6-4)5(8)9;/h2-3H,1H3,(H,8,9);1H. The van der Waals surface area contributed by atoms with E-state index in [1.54, 1.807) is 13.0 Å². The fraction of sp³-hybridized carbons (Fsp3) is 0.200. The molecule has 0 saturated heterocycles. The summed E-state index contributed by atoms with van der Waals surface area (Å²) in [6, 6.07) is 1.63. The van der Waals surface area contributed by atoms with Crippen molar-refractivity contribution in [3.8, 4) is 0 Å². The number of carboxylic acid groups (broad SMARTS) is 1. The van der Waals surface area contributed by atoms with Gasteiger partial charge in [0.1, 0.15) is 0 Å². The SMILES string of the molecule is Cc1ccn(C(=O)O)n1.Cl. The highest BCUT2D eigenvalue weighted by atomic mass is 35.5. The van der Waals surface area contributed by atoms with Crippen molar-refractivity contribution in [3.05, 3.63) is 18.0 Å². The van der Waals surface area contributed by atoms with Gasteiger partial charge in [-0.25, -0.2) is 4.79 Å². The number of carbonyl (C=O) groups is 1. The third kappa shape index (κ3) is 1.73. The highest BCUT2D eigenvalue weighted by Gasteiger charge is 1.98. The molecule has 5 heteroatoms. The Bertz CT molecular complexity index is 233. The van der Waals surface area contributed by atoms with Crippen LogP contribution < -0.4 is 0 Å². The molecule has 0 aliphatic rings. The summed E-state index contributed by atoms with van der Waals surface area (Å²) >= 11 is 0. The Balaban J connectivity index is 0.000000810. The normalized spacial score (nSPS) is 8.50. The second-order valence-electron chi connectivity index (χ2n) is 1.68. The lowest BCUT2D eigenvalue weighted by Gasteiger charge is -1.86. The summed E-state index contributed by atoms with van der Waals surface area (Å²) in [6.45, 7) is 1.74. The van der Waals surface area contributed by atoms with Crippen LogP contribution in [0.4, 0.5) is 4.79 Å². The number of aryl methyl sites for hydroxylation is 1. The highest BCUT2D eigenvalue weighted by Crippen LogP contribution is 1.90. The smallest absolute Gasteiger partial charge is 0.432 e. The third-order valence-electron chi connectivity index (χ3n) is 0.918. The molecule has 0 aromatic carbocycles. The van der Waals surface area contributed by atoms with Crippen LogP contribution in [-0.2, 0) is 0 Å². The van der Waals surface area contributed by atoms with Crippen molar-refractivity contribution in [2.45, 2.75) is 6.92 Å². The molecular weight excluding hydrogens is 156 g/mol. The average Bonchev–Trinajstić information content (AvgIpc) is 2.14. The Morgan fingerprint density at radius 3 is 2.60 bits per heavy atom. The summed E-state index contributed by atoms with van der Waals surface area (Å²) in [5, 5.41) is 11.9. The second-order valence-corrected chi connectivity index (χ2v) is 1.68. The van der Waals surface area contributed by atoms with Gasteiger partial charge in [-0.3, -0.25) is 0 Å². The van der Waals surface area contributed by atoms with Gasteiger partial charge in [0, 0.05) is 6.20 Å². The van der Waals surface area contributed by atoms with Crippen LogP contribution in [0, 0.1) is 6.92 Å². The van der Waals surface area contributed by atoms with E-state index < -0.39 is 6.09 Å². The summed E-state index contributed by atoms with van der Waals surface area (Å²) in [5.41, 5.74) is 0.706. The first-order valence-electron chi connectivity index (χ1n) is 2.46. The Labute approximate surface area is 63.9 Å². The van der Waals surface area contributed by atoms with E-state index in [1.165, 1.54) is 6.20 Å². The molecule has 1 N–H and O–H groups in total. The van der Waals surface area contributed by atoms with Crippen molar-refractivity contribution in [2.24, 2.45) is 0 Å².